The molecular weight excluding hydrogens is 300 g/mol. The molecule has 0 bridgehead atoms. The Morgan fingerprint density at radius 1 is 1.00 bits per heavy atom. The molecule has 0 spiro atoms. The largest absolute Gasteiger partial charge is 0.481 e. The monoisotopic (exact) mass is 318 g/mol. The number of carboxylic acid groups (broad SMARTS) is 1. The van der Waals surface area contributed by atoms with Crippen LogP contribution in [0.5, 0.6) is 0 Å². The Morgan fingerprint density at radius 3 is 2.09 bits per heavy atom. The van der Waals surface area contributed by atoms with Crippen LogP contribution in [-0.4, -0.2) is 25.7 Å². The first kappa shape index (κ1) is 16.2. The second-order valence-corrected chi connectivity index (χ2v) is 7.82. The first-order chi connectivity index (χ1) is 10.1. The predicted molar refractivity (Wildman–Crippen MR) is 85.6 cm³/mol. The van der Waals surface area contributed by atoms with E-state index in [1.54, 1.807) is 50.2 Å². The van der Waals surface area contributed by atoms with Crippen LogP contribution in [0.15, 0.2) is 53.4 Å². The molecule has 0 saturated carbocycles. The van der Waals surface area contributed by atoms with Crippen molar-refractivity contribution in [3.05, 3.63) is 54.1 Å². The standard InChI is InChI=1S/C17H18O4S/c1-17(2,16(18)19)14-6-4-5-13(11-14)12-7-9-15(10-8-12)22(3,20)21/h4-11H,1-3H3,(H,18,19). The lowest BCUT2D eigenvalue weighted by atomic mass is 9.83. The van der Waals surface area contributed by atoms with Crippen molar-refractivity contribution in [2.45, 2.75) is 24.2 Å². The maximum absolute atomic E-state index is 11.5. The highest BCUT2D eigenvalue weighted by Gasteiger charge is 2.29. The Hall–Kier alpha value is -2.14. The summed E-state index contributed by atoms with van der Waals surface area (Å²) in [4.78, 5) is 11.6. The van der Waals surface area contributed by atoms with Crippen LogP contribution < -0.4 is 0 Å². The van der Waals surface area contributed by atoms with E-state index in [9.17, 15) is 18.3 Å². The van der Waals surface area contributed by atoms with Crippen molar-refractivity contribution in [1.29, 1.82) is 0 Å². The van der Waals surface area contributed by atoms with Gasteiger partial charge in [0.1, 0.15) is 0 Å². The molecule has 5 heteroatoms. The number of carbonyl (C=O) groups is 1. The molecule has 1 N–H and O–H groups in total. The van der Waals surface area contributed by atoms with Gasteiger partial charge in [-0.15, -0.1) is 0 Å². The van der Waals surface area contributed by atoms with Gasteiger partial charge in [-0.2, -0.15) is 0 Å². The zero-order chi connectivity index (χ0) is 16.5. The third kappa shape index (κ3) is 3.20. The van der Waals surface area contributed by atoms with Crippen molar-refractivity contribution in [2.24, 2.45) is 0 Å². The molecule has 0 amide bonds. The fourth-order valence-corrected chi connectivity index (χ4v) is 2.74. The Kier molecular flexibility index (Phi) is 4.11. The number of sulfone groups is 1. The van der Waals surface area contributed by atoms with E-state index < -0.39 is 21.2 Å². The van der Waals surface area contributed by atoms with Crippen LogP contribution >= 0.6 is 0 Å². The summed E-state index contributed by atoms with van der Waals surface area (Å²) in [5.41, 5.74) is 1.41. The highest BCUT2D eigenvalue weighted by atomic mass is 32.2. The zero-order valence-electron chi connectivity index (χ0n) is 12.7. The van der Waals surface area contributed by atoms with Gasteiger partial charge in [0.15, 0.2) is 9.84 Å². The molecule has 0 saturated heterocycles. The van der Waals surface area contributed by atoms with E-state index in [4.69, 9.17) is 0 Å². The lowest BCUT2D eigenvalue weighted by Gasteiger charge is -2.20. The van der Waals surface area contributed by atoms with E-state index in [2.05, 4.69) is 0 Å². The summed E-state index contributed by atoms with van der Waals surface area (Å²) in [5.74, 6) is -0.892. The lowest BCUT2D eigenvalue weighted by molar-refractivity contribution is -0.142. The highest BCUT2D eigenvalue weighted by molar-refractivity contribution is 7.90. The van der Waals surface area contributed by atoms with Crippen LogP contribution in [0.4, 0.5) is 0 Å². The molecular formula is C17H18O4S. The van der Waals surface area contributed by atoms with E-state index in [-0.39, 0.29) is 4.90 Å². The summed E-state index contributed by atoms with van der Waals surface area (Å²) >= 11 is 0. The fraction of sp³-hybridized carbons (Fsp3) is 0.235. The first-order valence-electron chi connectivity index (χ1n) is 6.77. The van der Waals surface area contributed by atoms with Gasteiger partial charge in [-0.25, -0.2) is 8.42 Å². The molecule has 2 rings (SSSR count). The van der Waals surface area contributed by atoms with Crippen molar-refractivity contribution >= 4 is 15.8 Å². The number of benzene rings is 2. The maximum atomic E-state index is 11.5. The van der Waals surface area contributed by atoms with Crippen LogP contribution in [0.1, 0.15) is 19.4 Å². The Balaban J connectivity index is 2.45. The fourth-order valence-electron chi connectivity index (χ4n) is 2.11. The number of carboxylic acids is 1. The van der Waals surface area contributed by atoms with Crippen LogP contribution in [0.3, 0.4) is 0 Å². The SMILES string of the molecule is CC(C)(C(=O)O)c1cccc(-c2ccc(S(C)(=O)=O)cc2)c1. The van der Waals surface area contributed by atoms with Gasteiger partial charge in [0.05, 0.1) is 10.3 Å². The predicted octanol–water partition coefficient (Wildman–Crippen LogP) is 3.12. The summed E-state index contributed by atoms with van der Waals surface area (Å²) in [7, 11) is -3.22. The smallest absolute Gasteiger partial charge is 0.313 e. The average molecular weight is 318 g/mol. The van der Waals surface area contributed by atoms with Crippen LogP contribution in [0.25, 0.3) is 11.1 Å². The second-order valence-electron chi connectivity index (χ2n) is 5.81. The number of hydrogen-bond acceptors (Lipinski definition) is 3. The molecule has 0 fully saturated rings. The van der Waals surface area contributed by atoms with Gasteiger partial charge in [0.25, 0.3) is 0 Å². The van der Waals surface area contributed by atoms with E-state index in [1.807, 2.05) is 12.1 Å². The first-order valence-corrected chi connectivity index (χ1v) is 8.66. The van der Waals surface area contributed by atoms with Crippen LogP contribution in [-0.2, 0) is 20.0 Å². The lowest BCUT2D eigenvalue weighted by Crippen LogP contribution is -2.28. The number of hydrogen-bond donors (Lipinski definition) is 1. The Labute approximate surface area is 130 Å². The molecule has 2 aromatic carbocycles. The molecule has 22 heavy (non-hydrogen) atoms. The summed E-state index contributed by atoms with van der Waals surface area (Å²) in [5, 5.41) is 9.32. The second kappa shape index (κ2) is 5.57. The minimum absolute atomic E-state index is 0.262. The van der Waals surface area contributed by atoms with Gasteiger partial charge in [0, 0.05) is 6.26 Å². The van der Waals surface area contributed by atoms with Crippen LogP contribution in [0, 0.1) is 0 Å². The van der Waals surface area contributed by atoms with Crippen molar-refractivity contribution in [2.75, 3.05) is 6.26 Å². The van der Waals surface area contributed by atoms with Gasteiger partial charge in [-0.1, -0.05) is 36.4 Å². The van der Waals surface area contributed by atoms with E-state index in [1.165, 1.54) is 0 Å². The van der Waals surface area contributed by atoms with E-state index in [0.29, 0.717) is 5.56 Å². The quantitative estimate of drug-likeness (QED) is 0.940. The normalized spacial score (nSPS) is 12.1. The third-order valence-electron chi connectivity index (χ3n) is 3.73. The third-order valence-corrected chi connectivity index (χ3v) is 4.86. The Morgan fingerprint density at radius 2 is 1.59 bits per heavy atom. The van der Waals surface area contributed by atoms with Gasteiger partial charge < -0.3 is 5.11 Å². The molecule has 0 heterocycles. The van der Waals surface area contributed by atoms with Crippen molar-refractivity contribution < 1.29 is 18.3 Å². The van der Waals surface area contributed by atoms with Gasteiger partial charge >= 0.3 is 5.97 Å². The van der Waals surface area contributed by atoms with Gasteiger partial charge in [-0.3, -0.25) is 4.79 Å². The van der Waals surface area contributed by atoms with E-state index in [0.717, 1.165) is 17.4 Å². The molecule has 0 aliphatic rings. The number of rotatable bonds is 4. The molecule has 0 aliphatic carbocycles. The summed E-state index contributed by atoms with van der Waals surface area (Å²) in [6.45, 7) is 3.31. The summed E-state index contributed by atoms with van der Waals surface area (Å²) in [6, 6.07) is 13.8. The van der Waals surface area contributed by atoms with Crippen molar-refractivity contribution in [3.8, 4) is 11.1 Å². The average Bonchev–Trinajstić information content (AvgIpc) is 2.46. The van der Waals surface area contributed by atoms with E-state index >= 15 is 0 Å². The van der Waals surface area contributed by atoms with Gasteiger partial charge in [-0.05, 0) is 42.7 Å². The molecule has 4 nitrogen and oxygen atoms in total. The molecule has 116 valence electrons. The summed E-state index contributed by atoms with van der Waals surface area (Å²) < 4.78 is 23.0. The number of aliphatic carboxylic acids is 1. The molecule has 0 unspecified atom stereocenters. The minimum Gasteiger partial charge on any atom is -0.481 e. The minimum atomic E-state index is -3.22. The maximum Gasteiger partial charge on any atom is 0.313 e. The highest BCUT2D eigenvalue weighted by Crippen LogP contribution is 2.28. The van der Waals surface area contributed by atoms with Crippen molar-refractivity contribution in [3.63, 3.8) is 0 Å². The molecule has 2 aromatic rings. The zero-order valence-corrected chi connectivity index (χ0v) is 13.5. The molecule has 0 aromatic heterocycles. The Bertz CT molecular complexity index is 803. The molecule has 0 radical (unpaired) electrons. The molecule has 0 aliphatic heterocycles. The summed E-state index contributed by atoms with van der Waals surface area (Å²) in [6.07, 6.45) is 1.16. The van der Waals surface area contributed by atoms with Crippen LogP contribution in [0.2, 0.25) is 0 Å². The van der Waals surface area contributed by atoms with Crippen molar-refractivity contribution in [1.82, 2.24) is 0 Å². The van der Waals surface area contributed by atoms with Gasteiger partial charge in [0.2, 0.25) is 0 Å². The molecule has 0 atom stereocenters. The topological polar surface area (TPSA) is 71.4 Å².